The molecule has 1 aromatic carbocycles. The van der Waals surface area contributed by atoms with Gasteiger partial charge in [0.25, 0.3) is 0 Å². The van der Waals surface area contributed by atoms with Crippen LogP contribution >= 0.6 is 11.6 Å². The van der Waals surface area contributed by atoms with Gasteiger partial charge in [-0.05, 0) is 30.3 Å². The molecule has 2 amide bonds. The molecule has 0 spiro atoms. The number of hydrogen-bond acceptors (Lipinski definition) is 4. The second kappa shape index (κ2) is 7.75. The van der Waals surface area contributed by atoms with Crippen molar-refractivity contribution in [2.45, 2.75) is 6.18 Å². The Kier molecular flexibility index (Phi) is 5.71. The average Bonchev–Trinajstić information content (AvgIpc) is 2.56. The van der Waals surface area contributed by atoms with E-state index in [2.05, 4.69) is 10.1 Å². The number of rotatable bonds is 3. The van der Waals surface area contributed by atoms with Crippen LogP contribution in [-0.4, -0.2) is 23.0 Å². The first-order valence-electron chi connectivity index (χ1n) is 6.69. The first-order chi connectivity index (χ1) is 11.8. The van der Waals surface area contributed by atoms with E-state index in [0.717, 1.165) is 12.1 Å². The molecule has 25 heavy (non-hydrogen) atoms. The Morgan fingerprint density at radius 3 is 2.56 bits per heavy atom. The van der Waals surface area contributed by atoms with Gasteiger partial charge in [-0.1, -0.05) is 17.7 Å². The van der Waals surface area contributed by atoms with Gasteiger partial charge >= 0.3 is 18.0 Å². The third-order valence-corrected chi connectivity index (χ3v) is 3.12. The molecule has 0 saturated carbocycles. The standard InChI is InChI=1S/C15H10ClF3N4O2/c16-12-5-4-9(7-11(12)15(17,18)19)22-13(24)14(25)23-21-8-10-3-1-2-6-20-10/h1-8H,(H,22,24)(H,23,25)/b21-8-. The van der Waals surface area contributed by atoms with Crippen molar-refractivity contribution in [2.24, 2.45) is 5.10 Å². The van der Waals surface area contributed by atoms with Crippen molar-refractivity contribution in [3.8, 4) is 0 Å². The lowest BCUT2D eigenvalue weighted by molar-refractivity contribution is -0.137. The van der Waals surface area contributed by atoms with Crippen molar-refractivity contribution in [2.75, 3.05) is 5.32 Å². The van der Waals surface area contributed by atoms with E-state index in [1.807, 2.05) is 10.7 Å². The molecule has 0 aliphatic rings. The minimum Gasteiger partial charge on any atom is -0.318 e. The highest BCUT2D eigenvalue weighted by molar-refractivity contribution is 6.39. The number of alkyl halides is 3. The largest absolute Gasteiger partial charge is 0.417 e. The maximum Gasteiger partial charge on any atom is 0.417 e. The van der Waals surface area contributed by atoms with E-state index in [0.29, 0.717) is 11.8 Å². The van der Waals surface area contributed by atoms with E-state index in [-0.39, 0.29) is 5.69 Å². The van der Waals surface area contributed by atoms with E-state index in [1.54, 1.807) is 18.2 Å². The molecule has 0 fully saturated rings. The fourth-order valence-corrected chi connectivity index (χ4v) is 1.89. The monoisotopic (exact) mass is 370 g/mol. The van der Waals surface area contributed by atoms with E-state index in [9.17, 15) is 22.8 Å². The molecule has 0 aliphatic heterocycles. The van der Waals surface area contributed by atoms with Crippen LogP contribution in [0.25, 0.3) is 0 Å². The topological polar surface area (TPSA) is 83.5 Å². The lowest BCUT2D eigenvalue weighted by Gasteiger charge is -2.11. The molecule has 0 aliphatic carbocycles. The fraction of sp³-hybridized carbons (Fsp3) is 0.0667. The molecule has 0 radical (unpaired) electrons. The zero-order chi connectivity index (χ0) is 18.4. The van der Waals surface area contributed by atoms with Gasteiger partial charge in [-0.15, -0.1) is 0 Å². The summed E-state index contributed by atoms with van der Waals surface area (Å²) in [6.07, 6.45) is -1.98. The second-order valence-electron chi connectivity index (χ2n) is 4.60. The molecule has 130 valence electrons. The van der Waals surface area contributed by atoms with Gasteiger partial charge in [0, 0.05) is 11.9 Å². The van der Waals surface area contributed by atoms with Gasteiger partial charge in [-0.3, -0.25) is 14.6 Å². The molecular formula is C15H10ClF3N4O2. The summed E-state index contributed by atoms with van der Waals surface area (Å²) in [7, 11) is 0. The Labute approximate surface area is 144 Å². The van der Waals surface area contributed by atoms with E-state index >= 15 is 0 Å². The predicted molar refractivity (Wildman–Crippen MR) is 85.1 cm³/mol. The number of aromatic nitrogens is 1. The maximum atomic E-state index is 12.8. The molecular weight excluding hydrogens is 361 g/mol. The van der Waals surface area contributed by atoms with Gasteiger partial charge in [0.2, 0.25) is 0 Å². The summed E-state index contributed by atoms with van der Waals surface area (Å²) >= 11 is 5.47. The van der Waals surface area contributed by atoms with Gasteiger partial charge in [-0.25, -0.2) is 5.43 Å². The van der Waals surface area contributed by atoms with Crippen molar-refractivity contribution < 1.29 is 22.8 Å². The number of nitrogens with one attached hydrogen (secondary N) is 2. The van der Waals surface area contributed by atoms with Crippen molar-refractivity contribution in [1.82, 2.24) is 10.4 Å². The number of hydrazone groups is 1. The summed E-state index contributed by atoms with van der Waals surface area (Å²) in [5, 5.41) is 5.04. The van der Waals surface area contributed by atoms with Crippen LogP contribution in [0.3, 0.4) is 0 Å². The van der Waals surface area contributed by atoms with Crippen LogP contribution in [0.15, 0.2) is 47.7 Å². The lowest BCUT2D eigenvalue weighted by atomic mass is 10.2. The zero-order valence-corrected chi connectivity index (χ0v) is 13.1. The number of carbonyl (C=O) groups excluding carboxylic acids is 2. The number of amides is 2. The van der Waals surface area contributed by atoms with Crippen molar-refractivity contribution in [3.05, 3.63) is 58.9 Å². The minimum absolute atomic E-state index is 0.231. The summed E-state index contributed by atoms with van der Waals surface area (Å²) in [4.78, 5) is 27.2. The average molecular weight is 371 g/mol. The Hall–Kier alpha value is -2.94. The van der Waals surface area contributed by atoms with E-state index in [1.165, 1.54) is 12.4 Å². The third kappa shape index (κ3) is 5.28. The van der Waals surface area contributed by atoms with Gasteiger partial charge in [-0.2, -0.15) is 18.3 Å². The minimum atomic E-state index is -4.69. The summed E-state index contributed by atoms with van der Waals surface area (Å²) in [6, 6.07) is 7.73. The van der Waals surface area contributed by atoms with E-state index < -0.39 is 28.6 Å². The number of pyridine rings is 1. The molecule has 0 saturated heterocycles. The number of hydrogen-bond donors (Lipinski definition) is 2. The smallest absolute Gasteiger partial charge is 0.318 e. The van der Waals surface area contributed by atoms with Crippen LogP contribution in [-0.2, 0) is 15.8 Å². The van der Waals surface area contributed by atoms with Crippen LogP contribution in [0.2, 0.25) is 5.02 Å². The lowest BCUT2D eigenvalue weighted by Crippen LogP contribution is -2.32. The van der Waals surface area contributed by atoms with Gasteiger partial charge in [0.05, 0.1) is 22.5 Å². The second-order valence-corrected chi connectivity index (χ2v) is 5.01. The predicted octanol–water partition coefficient (Wildman–Crippen LogP) is 2.84. The van der Waals surface area contributed by atoms with Gasteiger partial charge < -0.3 is 5.32 Å². The molecule has 0 unspecified atom stereocenters. The fourth-order valence-electron chi connectivity index (χ4n) is 1.67. The number of anilines is 1. The van der Waals surface area contributed by atoms with Crippen LogP contribution in [0.4, 0.5) is 18.9 Å². The van der Waals surface area contributed by atoms with E-state index in [4.69, 9.17) is 11.6 Å². The Morgan fingerprint density at radius 1 is 1.16 bits per heavy atom. The van der Waals surface area contributed by atoms with Crippen molar-refractivity contribution >= 4 is 35.3 Å². The first kappa shape index (κ1) is 18.4. The van der Waals surface area contributed by atoms with Crippen LogP contribution < -0.4 is 10.7 Å². The molecule has 2 aromatic rings. The number of carbonyl (C=O) groups is 2. The maximum absolute atomic E-state index is 12.8. The molecule has 0 bridgehead atoms. The third-order valence-electron chi connectivity index (χ3n) is 2.79. The van der Waals surface area contributed by atoms with Crippen LogP contribution in [0, 0.1) is 0 Å². The molecule has 1 heterocycles. The first-order valence-corrected chi connectivity index (χ1v) is 7.07. The quantitative estimate of drug-likeness (QED) is 0.495. The Bertz CT molecular complexity index is 810. The van der Waals surface area contributed by atoms with Crippen LogP contribution in [0.1, 0.15) is 11.3 Å². The zero-order valence-electron chi connectivity index (χ0n) is 12.3. The highest BCUT2D eigenvalue weighted by Gasteiger charge is 2.33. The highest BCUT2D eigenvalue weighted by atomic mass is 35.5. The molecule has 2 rings (SSSR count). The highest BCUT2D eigenvalue weighted by Crippen LogP contribution is 2.36. The molecule has 0 atom stereocenters. The van der Waals surface area contributed by atoms with Gasteiger partial charge in [0.15, 0.2) is 0 Å². The Morgan fingerprint density at radius 2 is 1.92 bits per heavy atom. The van der Waals surface area contributed by atoms with Crippen molar-refractivity contribution in [1.29, 1.82) is 0 Å². The normalized spacial score (nSPS) is 11.4. The molecule has 6 nitrogen and oxygen atoms in total. The summed E-state index contributed by atoms with van der Waals surface area (Å²) in [5.74, 6) is -2.34. The van der Waals surface area contributed by atoms with Gasteiger partial charge in [0.1, 0.15) is 0 Å². The molecule has 1 aromatic heterocycles. The number of halogens is 4. The van der Waals surface area contributed by atoms with Crippen LogP contribution in [0.5, 0.6) is 0 Å². The summed E-state index contributed by atoms with van der Waals surface area (Å²) in [5.41, 5.74) is 1.02. The Balaban J connectivity index is 1.99. The van der Waals surface area contributed by atoms with Crippen molar-refractivity contribution in [3.63, 3.8) is 0 Å². The molecule has 10 heteroatoms. The summed E-state index contributed by atoms with van der Waals surface area (Å²) in [6.45, 7) is 0. The summed E-state index contributed by atoms with van der Waals surface area (Å²) < 4.78 is 38.3. The number of nitrogens with zero attached hydrogens (tertiary/aromatic N) is 2. The number of benzene rings is 1. The molecule has 2 N–H and O–H groups in total. The SMILES string of the molecule is O=C(N/N=C\c1ccccn1)C(=O)Nc1ccc(Cl)c(C(F)(F)F)c1.